The van der Waals surface area contributed by atoms with Crippen LogP contribution in [0, 0.1) is 35.0 Å². The Labute approximate surface area is 129 Å². The molecule has 0 aromatic heterocycles. The molecule has 6 atom stereocenters. The molecule has 0 spiro atoms. The van der Waals surface area contributed by atoms with E-state index in [4.69, 9.17) is 14.2 Å². The maximum absolute atomic E-state index is 12.0. The fourth-order valence-corrected chi connectivity index (χ4v) is 4.25. The van der Waals surface area contributed by atoms with Gasteiger partial charge < -0.3 is 14.2 Å². The van der Waals surface area contributed by atoms with E-state index in [9.17, 15) is 14.4 Å². The van der Waals surface area contributed by atoms with Crippen LogP contribution in [0.3, 0.4) is 0 Å². The maximum Gasteiger partial charge on any atom is 0.311 e. The fourth-order valence-electron chi connectivity index (χ4n) is 4.25. The SMILES string of the molecule is COC(=O)C1C2CC3C(OC(=O)C31)C2COC(=O)C(C)(C)C. The Bertz CT molecular complexity index is 519. The number of methoxy groups -OCH3 is 1. The van der Waals surface area contributed by atoms with Crippen molar-refractivity contribution in [2.75, 3.05) is 13.7 Å². The van der Waals surface area contributed by atoms with Gasteiger partial charge in [0, 0.05) is 11.8 Å². The van der Waals surface area contributed by atoms with Gasteiger partial charge in [-0.25, -0.2) is 0 Å². The van der Waals surface area contributed by atoms with E-state index in [-0.39, 0.29) is 54.3 Å². The number of hydrogen-bond acceptors (Lipinski definition) is 6. The first kappa shape index (κ1) is 15.3. The monoisotopic (exact) mass is 310 g/mol. The van der Waals surface area contributed by atoms with Crippen LogP contribution in [0.4, 0.5) is 0 Å². The molecule has 2 aliphatic carbocycles. The number of rotatable bonds is 3. The molecule has 3 fully saturated rings. The summed E-state index contributed by atoms with van der Waals surface area (Å²) in [5.41, 5.74) is -0.575. The van der Waals surface area contributed by atoms with Crippen LogP contribution >= 0.6 is 0 Å². The zero-order valence-corrected chi connectivity index (χ0v) is 13.3. The molecular formula is C16H22O6. The predicted octanol–water partition coefficient (Wildman–Crippen LogP) is 1.17. The second-order valence-corrected chi connectivity index (χ2v) is 7.55. The molecule has 0 aromatic rings. The number of esters is 3. The highest BCUT2D eigenvalue weighted by atomic mass is 16.6. The van der Waals surface area contributed by atoms with Gasteiger partial charge in [0.15, 0.2) is 0 Å². The second-order valence-electron chi connectivity index (χ2n) is 7.55. The molecule has 1 aliphatic heterocycles. The Morgan fingerprint density at radius 1 is 1.27 bits per heavy atom. The second kappa shape index (κ2) is 4.96. The average Bonchev–Trinajstić information content (AvgIpc) is 3.04. The van der Waals surface area contributed by atoms with E-state index in [0.717, 1.165) is 6.42 Å². The van der Waals surface area contributed by atoms with Crippen molar-refractivity contribution in [1.82, 2.24) is 0 Å². The van der Waals surface area contributed by atoms with E-state index in [0.29, 0.717) is 0 Å². The van der Waals surface area contributed by atoms with Crippen LogP contribution in [-0.4, -0.2) is 37.7 Å². The van der Waals surface area contributed by atoms with Gasteiger partial charge in [-0.3, -0.25) is 14.4 Å². The number of carbonyl (C=O) groups is 3. The van der Waals surface area contributed by atoms with Gasteiger partial charge >= 0.3 is 17.9 Å². The predicted molar refractivity (Wildman–Crippen MR) is 74.4 cm³/mol. The third kappa shape index (κ3) is 2.11. The van der Waals surface area contributed by atoms with Crippen LogP contribution < -0.4 is 0 Å². The van der Waals surface area contributed by atoms with Crippen molar-refractivity contribution in [1.29, 1.82) is 0 Å². The lowest BCUT2D eigenvalue weighted by Gasteiger charge is -2.30. The molecule has 2 bridgehead atoms. The topological polar surface area (TPSA) is 78.9 Å². The van der Waals surface area contributed by atoms with E-state index in [1.54, 1.807) is 20.8 Å². The normalized spacial score (nSPS) is 38.8. The zero-order valence-electron chi connectivity index (χ0n) is 13.3. The average molecular weight is 310 g/mol. The summed E-state index contributed by atoms with van der Waals surface area (Å²) < 4.78 is 15.7. The first-order chi connectivity index (χ1) is 10.3. The van der Waals surface area contributed by atoms with Crippen LogP contribution in [0.2, 0.25) is 0 Å². The van der Waals surface area contributed by atoms with Gasteiger partial charge in [-0.05, 0) is 33.1 Å². The Kier molecular flexibility index (Phi) is 3.45. The van der Waals surface area contributed by atoms with Crippen molar-refractivity contribution >= 4 is 17.9 Å². The van der Waals surface area contributed by atoms with Gasteiger partial charge in [-0.1, -0.05) is 0 Å². The number of carbonyl (C=O) groups excluding carboxylic acids is 3. The molecule has 2 saturated carbocycles. The molecule has 6 heteroatoms. The molecule has 122 valence electrons. The van der Waals surface area contributed by atoms with Gasteiger partial charge in [0.25, 0.3) is 0 Å². The molecule has 0 amide bonds. The largest absolute Gasteiger partial charge is 0.469 e. The summed E-state index contributed by atoms with van der Waals surface area (Å²) >= 11 is 0. The Hall–Kier alpha value is -1.59. The summed E-state index contributed by atoms with van der Waals surface area (Å²) in [4.78, 5) is 36.0. The van der Waals surface area contributed by atoms with Gasteiger partial charge in [0.05, 0.1) is 31.0 Å². The molecule has 3 aliphatic rings. The third-order valence-electron chi connectivity index (χ3n) is 5.26. The van der Waals surface area contributed by atoms with E-state index >= 15 is 0 Å². The van der Waals surface area contributed by atoms with Crippen molar-refractivity contribution in [3.8, 4) is 0 Å². The molecule has 1 heterocycles. The van der Waals surface area contributed by atoms with E-state index in [1.165, 1.54) is 7.11 Å². The molecular weight excluding hydrogens is 288 g/mol. The lowest BCUT2D eigenvalue weighted by molar-refractivity contribution is -0.157. The highest BCUT2D eigenvalue weighted by Crippen LogP contribution is 2.60. The minimum Gasteiger partial charge on any atom is -0.469 e. The number of hydrogen-bond donors (Lipinski definition) is 0. The molecule has 3 rings (SSSR count). The molecule has 0 aromatic carbocycles. The van der Waals surface area contributed by atoms with Crippen LogP contribution in [0.25, 0.3) is 0 Å². The minimum absolute atomic E-state index is 0.00771. The fraction of sp³-hybridized carbons (Fsp3) is 0.812. The Balaban J connectivity index is 1.75. The van der Waals surface area contributed by atoms with Gasteiger partial charge in [0.1, 0.15) is 6.10 Å². The molecule has 22 heavy (non-hydrogen) atoms. The summed E-state index contributed by atoms with van der Waals surface area (Å²) in [6, 6.07) is 0. The highest BCUT2D eigenvalue weighted by molar-refractivity contribution is 5.86. The van der Waals surface area contributed by atoms with E-state index in [1.807, 2.05) is 0 Å². The van der Waals surface area contributed by atoms with Crippen LogP contribution in [0.15, 0.2) is 0 Å². The maximum atomic E-state index is 12.0. The zero-order chi connectivity index (χ0) is 16.2. The smallest absolute Gasteiger partial charge is 0.311 e. The van der Waals surface area contributed by atoms with Crippen LogP contribution in [0.5, 0.6) is 0 Å². The minimum atomic E-state index is -0.575. The summed E-state index contributed by atoms with van der Waals surface area (Å²) in [5.74, 6) is -1.85. The van der Waals surface area contributed by atoms with Crippen molar-refractivity contribution in [3.63, 3.8) is 0 Å². The molecule has 0 N–H and O–H groups in total. The Morgan fingerprint density at radius 3 is 2.55 bits per heavy atom. The van der Waals surface area contributed by atoms with E-state index in [2.05, 4.69) is 0 Å². The number of fused-ring (bicyclic) bond motifs is 1. The molecule has 6 nitrogen and oxygen atoms in total. The third-order valence-corrected chi connectivity index (χ3v) is 5.26. The van der Waals surface area contributed by atoms with E-state index < -0.39 is 11.3 Å². The first-order valence-electron chi connectivity index (χ1n) is 7.71. The molecule has 1 saturated heterocycles. The van der Waals surface area contributed by atoms with Gasteiger partial charge in [-0.2, -0.15) is 0 Å². The molecule has 0 radical (unpaired) electrons. The van der Waals surface area contributed by atoms with Gasteiger partial charge in [0.2, 0.25) is 0 Å². The quantitative estimate of drug-likeness (QED) is 0.575. The summed E-state index contributed by atoms with van der Waals surface area (Å²) in [6.07, 6.45) is 0.537. The van der Waals surface area contributed by atoms with Crippen LogP contribution in [0.1, 0.15) is 27.2 Å². The van der Waals surface area contributed by atoms with Crippen molar-refractivity contribution in [2.24, 2.45) is 35.0 Å². The van der Waals surface area contributed by atoms with Crippen LogP contribution in [-0.2, 0) is 28.6 Å². The summed E-state index contributed by atoms with van der Waals surface area (Å²) in [7, 11) is 1.33. The Morgan fingerprint density at radius 2 is 1.95 bits per heavy atom. The number of ether oxygens (including phenoxy) is 3. The van der Waals surface area contributed by atoms with Crippen molar-refractivity contribution < 1.29 is 28.6 Å². The van der Waals surface area contributed by atoms with Gasteiger partial charge in [-0.15, -0.1) is 0 Å². The van der Waals surface area contributed by atoms with Crippen molar-refractivity contribution in [2.45, 2.75) is 33.3 Å². The van der Waals surface area contributed by atoms with Crippen molar-refractivity contribution in [3.05, 3.63) is 0 Å². The molecule has 6 unspecified atom stereocenters. The lowest BCUT2D eigenvalue weighted by Crippen LogP contribution is -2.40. The summed E-state index contributed by atoms with van der Waals surface area (Å²) in [5, 5.41) is 0. The first-order valence-corrected chi connectivity index (χ1v) is 7.71. The lowest BCUT2D eigenvalue weighted by atomic mass is 9.74. The summed E-state index contributed by atoms with van der Waals surface area (Å²) in [6.45, 7) is 5.56. The standard InChI is InChI=1S/C16H22O6/c1-16(2,3)15(19)21-6-9-7-5-8-11(10(7)13(17)20-4)14(18)22-12(8)9/h7-12H,5-6H2,1-4H3. The highest BCUT2D eigenvalue weighted by Gasteiger charge is 2.68.